The number of carbonyl (C=O) groups excluding carboxylic acids is 2. The largest absolute Gasteiger partial charge is 0.374 e. The Balaban J connectivity index is 2.02. The molecule has 21 heavy (non-hydrogen) atoms. The van der Waals surface area contributed by atoms with Crippen molar-refractivity contribution in [1.29, 1.82) is 0 Å². The number of hydrogen-bond acceptors (Lipinski definition) is 3. The summed E-state index contributed by atoms with van der Waals surface area (Å²) in [6, 6.07) is 8.69. The molecule has 2 amide bonds. The van der Waals surface area contributed by atoms with Crippen molar-refractivity contribution in [3.63, 3.8) is 0 Å². The van der Waals surface area contributed by atoms with Crippen molar-refractivity contribution < 1.29 is 14.3 Å². The number of hydrogen-bond donors (Lipinski definition) is 1. The van der Waals surface area contributed by atoms with Crippen LogP contribution in [0.4, 0.5) is 0 Å². The molecule has 5 nitrogen and oxygen atoms in total. The van der Waals surface area contributed by atoms with E-state index in [0.29, 0.717) is 13.2 Å². The molecule has 0 bridgehead atoms. The van der Waals surface area contributed by atoms with Gasteiger partial charge in [-0.2, -0.15) is 0 Å². The van der Waals surface area contributed by atoms with Crippen molar-refractivity contribution in [3.8, 4) is 0 Å². The van der Waals surface area contributed by atoms with E-state index in [1.54, 1.807) is 4.90 Å². The van der Waals surface area contributed by atoms with E-state index in [0.717, 1.165) is 5.56 Å². The van der Waals surface area contributed by atoms with Gasteiger partial charge in [0.1, 0.15) is 6.04 Å². The fourth-order valence-corrected chi connectivity index (χ4v) is 2.22. The summed E-state index contributed by atoms with van der Waals surface area (Å²) in [7, 11) is 0. The molecule has 1 N–H and O–H groups in total. The van der Waals surface area contributed by atoms with Gasteiger partial charge in [0.25, 0.3) is 0 Å². The summed E-state index contributed by atoms with van der Waals surface area (Å²) < 4.78 is 5.63. The molecule has 1 unspecified atom stereocenters. The van der Waals surface area contributed by atoms with Gasteiger partial charge in [-0.25, -0.2) is 0 Å². The predicted octanol–water partition coefficient (Wildman–Crippen LogP) is 1.50. The second-order valence-corrected chi connectivity index (χ2v) is 6.13. The maximum Gasteiger partial charge on any atom is 0.250 e. The Labute approximate surface area is 125 Å². The SMILES string of the molecule is CC(C)(C)OCCN1CC(=O)NC(c2ccccc2)C1=O. The third-order valence-corrected chi connectivity index (χ3v) is 3.23. The van der Waals surface area contributed by atoms with Gasteiger partial charge in [0, 0.05) is 6.54 Å². The summed E-state index contributed by atoms with van der Waals surface area (Å²) in [5.41, 5.74) is 0.553. The predicted molar refractivity (Wildman–Crippen MR) is 79.6 cm³/mol. The van der Waals surface area contributed by atoms with Crippen LogP contribution in [0.2, 0.25) is 0 Å². The van der Waals surface area contributed by atoms with E-state index in [1.807, 2.05) is 51.1 Å². The molecule has 0 aromatic heterocycles. The number of piperazine rings is 1. The van der Waals surface area contributed by atoms with Crippen LogP contribution in [0, 0.1) is 0 Å². The molecule has 1 heterocycles. The molecule has 1 saturated heterocycles. The maximum atomic E-state index is 12.5. The minimum Gasteiger partial charge on any atom is -0.374 e. The summed E-state index contributed by atoms with van der Waals surface area (Å²) in [5.74, 6) is -0.225. The molecule has 1 fully saturated rings. The van der Waals surface area contributed by atoms with Crippen LogP contribution in [-0.2, 0) is 14.3 Å². The Morgan fingerprint density at radius 3 is 2.52 bits per heavy atom. The summed E-state index contributed by atoms with van der Waals surface area (Å²) >= 11 is 0. The first-order valence-corrected chi connectivity index (χ1v) is 7.14. The molecule has 1 aliphatic rings. The van der Waals surface area contributed by atoms with E-state index in [4.69, 9.17) is 4.74 Å². The number of nitrogens with zero attached hydrogens (tertiary/aromatic N) is 1. The van der Waals surface area contributed by atoms with Gasteiger partial charge in [0.05, 0.1) is 18.8 Å². The normalized spacial score (nSPS) is 19.6. The first-order chi connectivity index (χ1) is 9.87. The lowest BCUT2D eigenvalue weighted by Gasteiger charge is -2.33. The van der Waals surface area contributed by atoms with E-state index in [1.165, 1.54) is 0 Å². The van der Waals surface area contributed by atoms with Gasteiger partial charge in [-0.05, 0) is 26.3 Å². The number of benzene rings is 1. The van der Waals surface area contributed by atoms with Crippen LogP contribution >= 0.6 is 0 Å². The smallest absolute Gasteiger partial charge is 0.250 e. The Morgan fingerprint density at radius 2 is 1.90 bits per heavy atom. The standard InChI is InChI=1S/C16H22N2O3/c1-16(2,3)21-10-9-18-11-13(19)17-14(15(18)20)12-7-5-4-6-8-12/h4-8,14H,9-11H2,1-3H3,(H,17,19). The van der Waals surface area contributed by atoms with Gasteiger partial charge in [0.15, 0.2) is 0 Å². The number of nitrogens with one attached hydrogen (secondary N) is 1. The Bertz CT molecular complexity index is 508. The van der Waals surface area contributed by atoms with Crippen LogP contribution in [0.15, 0.2) is 30.3 Å². The number of amides is 2. The third-order valence-electron chi connectivity index (χ3n) is 3.23. The topological polar surface area (TPSA) is 58.6 Å². The van der Waals surface area contributed by atoms with Crippen molar-refractivity contribution in [3.05, 3.63) is 35.9 Å². The Morgan fingerprint density at radius 1 is 1.24 bits per heavy atom. The van der Waals surface area contributed by atoms with Crippen LogP contribution in [0.3, 0.4) is 0 Å². The van der Waals surface area contributed by atoms with Crippen molar-refractivity contribution in [2.75, 3.05) is 19.7 Å². The molecular weight excluding hydrogens is 268 g/mol. The van der Waals surface area contributed by atoms with E-state index in [9.17, 15) is 9.59 Å². The zero-order chi connectivity index (χ0) is 15.5. The molecule has 1 aliphatic heterocycles. The summed E-state index contributed by atoms with van der Waals surface area (Å²) in [4.78, 5) is 25.9. The van der Waals surface area contributed by atoms with Gasteiger partial charge >= 0.3 is 0 Å². The van der Waals surface area contributed by atoms with E-state index >= 15 is 0 Å². The highest BCUT2D eigenvalue weighted by molar-refractivity contribution is 5.95. The summed E-state index contributed by atoms with van der Waals surface area (Å²) in [6.07, 6.45) is 0. The Hall–Kier alpha value is -1.88. The van der Waals surface area contributed by atoms with Crippen molar-refractivity contribution in [2.24, 2.45) is 0 Å². The molecule has 0 aliphatic carbocycles. The second-order valence-electron chi connectivity index (χ2n) is 6.13. The minimum absolute atomic E-state index is 0.0849. The molecule has 0 spiro atoms. The van der Waals surface area contributed by atoms with Gasteiger partial charge in [-0.3, -0.25) is 9.59 Å². The molecule has 1 aromatic carbocycles. The molecule has 1 aromatic rings. The van der Waals surface area contributed by atoms with E-state index in [-0.39, 0.29) is 24.0 Å². The van der Waals surface area contributed by atoms with Crippen LogP contribution in [0.1, 0.15) is 32.4 Å². The molecule has 2 rings (SSSR count). The highest BCUT2D eigenvalue weighted by Crippen LogP contribution is 2.19. The van der Waals surface area contributed by atoms with Gasteiger partial charge < -0.3 is 15.0 Å². The zero-order valence-electron chi connectivity index (χ0n) is 12.8. The van der Waals surface area contributed by atoms with Crippen molar-refractivity contribution in [1.82, 2.24) is 10.2 Å². The van der Waals surface area contributed by atoms with Crippen LogP contribution in [-0.4, -0.2) is 42.0 Å². The molecule has 1 atom stereocenters. The highest BCUT2D eigenvalue weighted by Gasteiger charge is 2.33. The number of ether oxygens (including phenoxy) is 1. The lowest BCUT2D eigenvalue weighted by Crippen LogP contribution is -2.54. The van der Waals surface area contributed by atoms with Gasteiger partial charge in [0.2, 0.25) is 11.8 Å². The minimum atomic E-state index is -0.595. The second kappa shape index (κ2) is 6.26. The first kappa shape index (κ1) is 15.5. The number of rotatable bonds is 4. The fourth-order valence-electron chi connectivity index (χ4n) is 2.22. The molecular formula is C16H22N2O3. The fraction of sp³-hybridized carbons (Fsp3) is 0.500. The first-order valence-electron chi connectivity index (χ1n) is 7.14. The molecule has 0 radical (unpaired) electrons. The maximum absolute atomic E-state index is 12.5. The lowest BCUT2D eigenvalue weighted by molar-refractivity contribution is -0.145. The average molecular weight is 290 g/mol. The lowest BCUT2D eigenvalue weighted by atomic mass is 10.0. The van der Waals surface area contributed by atoms with Crippen molar-refractivity contribution >= 4 is 11.8 Å². The quantitative estimate of drug-likeness (QED) is 0.914. The van der Waals surface area contributed by atoms with Crippen molar-refractivity contribution in [2.45, 2.75) is 32.4 Å². The molecule has 0 saturated carbocycles. The zero-order valence-corrected chi connectivity index (χ0v) is 12.8. The number of carbonyl (C=O) groups is 2. The Kier molecular flexibility index (Phi) is 4.63. The monoisotopic (exact) mass is 290 g/mol. The van der Waals surface area contributed by atoms with E-state index in [2.05, 4.69) is 5.32 Å². The van der Waals surface area contributed by atoms with Gasteiger partial charge in [-0.1, -0.05) is 30.3 Å². The van der Waals surface area contributed by atoms with Crippen LogP contribution < -0.4 is 5.32 Å². The highest BCUT2D eigenvalue weighted by atomic mass is 16.5. The molecule has 114 valence electrons. The summed E-state index contributed by atoms with van der Waals surface area (Å²) in [5, 5.41) is 2.75. The van der Waals surface area contributed by atoms with E-state index < -0.39 is 6.04 Å². The van der Waals surface area contributed by atoms with Gasteiger partial charge in [-0.15, -0.1) is 0 Å². The molecule has 5 heteroatoms. The average Bonchev–Trinajstić information content (AvgIpc) is 2.42. The van der Waals surface area contributed by atoms with Crippen LogP contribution in [0.5, 0.6) is 0 Å². The third kappa shape index (κ3) is 4.29. The van der Waals surface area contributed by atoms with Crippen LogP contribution in [0.25, 0.3) is 0 Å². The summed E-state index contributed by atoms with van der Waals surface area (Å²) in [6.45, 7) is 6.83.